The lowest BCUT2D eigenvalue weighted by Crippen LogP contribution is -2.26. The second-order valence-corrected chi connectivity index (χ2v) is 6.62. The van der Waals surface area contributed by atoms with E-state index in [1.807, 2.05) is 11.8 Å². The Kier molecular flexibility index (Phi) is 5.39. The highest BCUT2D eigenvalue weighted by Crippen LogP contribution is 2.32. The van der Waals surface area contributed by atoms with Crippen LogP contribution in [0.5, 0.6) is 5.75 Å². The Morgan fingerprint density at radius 2 is 2.33 bits per heavy atom. The topological polar surface area (TPSA) is 21.3 Å². The number of hydrogen-bond donors (Lipinski definition) is 1. The Hall–Kier alpha value is -0.190. The lowest BCUT2D eigenvalue weighted by Gasteiger charge is -2.15. The van der Waals surface area contributed by atoms with Crippen LogP contribution in [0.3, 0.4) is 0 Å². The van der Waals surface area contributed by atoms with Gasteiger partial charge in [0.25, 0.3) is 0 Å². The third-order valence-electron chi connectivity index (χ3n) is 3.22. The average Bonchev–Trinajstić information content (AvgIpc) is 2.81. The van der Waals surface area contributed by atoms with Crippen LogP contribution in [0.4, 0.5) is 0 Å². The molecular formula is C14H20BrNOS. The Labute approximate surface area is 122 Å². The summed E-state index contributed by atoms with van der Waals surface area (Å²) in [6.07, 6.45) is 4.39. The van der Waals surface area contributed by atoms with Crippen molar-refractivity contribution in [3.05, 3.63) is 27.7 Å². The van der Waals surface area contributed by atoms with Gasteiger partial charge in [0, 0.05) is 29.0 Å². The Morgan fingerprint density at radius 3 is 3.11 bits per heavy atom. The largest absolute Gasteiger partial charge is 0.493 e. The fraction of sp³-hybridized carbons (Fsp3) is 0.571. The highest BCUT2D eigenvalue weighted by Gasteiger charge is 2.17. The number of ether oxygens (including phenoxy) is 1. The van der Waals surface area contributed by atoms with Gasteiger partial charge in [-0.2, -0.15) is 11.8 Å². The minimum atomic E-state index is 0.550. The molecule has 1 heterocycles. The van der Waals surface area contributed by atoms with Crippen molar-refractivity contribution in [3.8, 4) is 5.75 Å². The molecule has 0 saturated carbocycles. The van der Waals surface area contributed by atoms with Crippen LogP contribution in [0.25, 0.3) is 0 Å². The summed E-state index contributed by atoms with van der Waals surface area (Å²) in [4.78, 5) is 0. The Morgan fingerprint density at radius 1 is 1.50 bits per heavy atom. The van der Waals surface area contributed by atoms with Crippen molar-refractivity contribution in [1.82, 2.24) is 5.32 Å². The first-order valence-corrected chi connectivity index (χ1v) is 8.56. The van der Waals surface area contributed by atoms with Crippen molar-refractivity contribution < 1.29 is 4.74 Å². The van der Waals surface area contributed by atoms with Crippen LogP contribution in [-0.2, 0) is 13.0 Å². The zero-order chi connectivity index (χ0) is 13.0. The smallest absolute Gasteiger partial charge is 0.127 e. The number of fused-ring (bicyclic) bond motifs is 1. The summed E-state index contributed by atoms with van der Waals surface area (Å²) in [7, 11) is 0. The molecule has 1 aliphatic rings. The summed E-state index contributed by atoms with van der Waals surface area (Å²) in [6, 6.07) is 4.88. The van der Waals surface area contributed by atoms with E-state index in [1.165, 1.54) is 23.3 Å². The Balaban J connectivity index is 1.97. The fourth-order valence-electron chi connectivity index (χ4n) is 2.16. The van der Waals surface area contributed by atoms with Gasteiger partial charge in [-0.25, -0.2) is 0 Å². The van der Waals surface area contributed by atoms with Gasteiger partial charge in [-0.1, -0.05) is 15.9 Å². The van der Waals surface area contributed by atoms with Gasteiger partial charge in [-0.05, 0) is 43.0 Å². The highest BCUT2D eigenvalue weighted by molar-refractivity contribution is 9.10. The standard InChI is InChI=1S/C14H20BrNOS/c1-10(4-6-18-2)16-9-12-8-13(15)7-11-3-5-17-14(11)12/h7-8,10,16H,3-6,9H2,1-2H3. The van der Waals surface area contributed by atoms with E-state index < -0.39 is 0 Å². The maximum atomic E-state index is 5.73. The van der Waals surface area contributed by atoms with Crippen molar-refractivity contribution in [3.63, 3.8) is 0 Å². The van der Waals surface area contributed by atoms with Crippen molar-refractivity contribution in [2.24, 2.45) is 0 Å². The van der Waals surface area contributed by atoms with E-state index in [1.54, 1.807) is 0 Å². The molecule has 0 spiro atoms. The minimum Gasteiger partial charge on any atom is -0.493 e. The zero-order valence-corrected chi connectivity index (χ0v) is 13.4. The van der Waals surface area contributed by atoms with Crippen molar-refractivity contribution in [1.29, 1.82) is 0 Å². The maximum absolute atomic E-state index is 5.73. The second kappa shape index (κ2) is 6.83. The highest BCUT2D eigenvalue weighted by atomic mass is 79.9. The number of halogens is 1. The van der Waals surface area contributed by atoms with E-state index >= 15 is 0 Å². The van der Waals surface area contributed by atoms with Gasteiger partial charge >= 0.3 is 0 Å². The molecule has 0 radical (unpaired) electrons. The van der Waals surface area contributed by atoms with Gasteiger partial charge in [0.05, 0.1) is 6.61 Å². The summed E-state index contributed by atoms with van der Waals surface area (Å²) >= 11 is 5.48. The summed E-state index contributed by atoms with van der Waals surface area (Å²) in [5.74, 6) is 2.31. The van der Waals surface area contributed by atoms with Crippen LogP contribution in [0.2, 0.25) is 0 Å². The molecule has 1 aromatic rings. The summed E-state index contributed by atoms with van der Waals surface area (Å²) in [6.45, 7) is 3.95. The van der Waals surface area contributed by atoms with Gasteiger partial charge < -0.3 is 10.1 Å². The van der Waals surface area contributed by atoms with E-state index in [2.05, 4.69) is 46.6 Å². The third-order valence-corrected chi connectivity index (χ3v) is 4.32. The van der Waals surface area contributed by atoms with E-state index in [4.69, 9.17) is 4.74 Å². The number of benzene rings is 1. The van der Waals surface area contributed by atoms with Crippen LogP contribution >= 0.6 is 27.7 Å². The first kappa shape index (κ1) is 14.2. The SMILES string of the molecule is CSCCC(C)NCc1cc(Br)cc2c1OCC2. The lowest BCUT2D eigenvalue weighted by molar-refractivity contribution is 0.351. The molecule has 1 unspecified atom stereocenters. The second-order valence-electron chi connectivity index (χ2n) is 4.72. The van der Waals surface area contributed by atoms with Crippen LogP contribution in [0.15, 0.2) is 16.6 Å². The van der Waals surface area contributed by atoms with E-state index in [0.29, 0.717) is 6.04 Å². The zero-order valence-electron chi connectivity index (χ0n) is 11.0. The fourth-order valence-corrected chi connectivity index (χ4v) is 3.30. The molecule has 0 bridgehead atoms. The predicted molar refractivity (Wildman–Crippen MR) is 82.6 cm³/mol. The normalized spacial score (nSPS) is 15.3. The van der Waals surface area contributed by atoms with Gasteiger partial charge in [-0.15, -0.1) is 0 Å². The van der Waals surface area contributed by atoms with Crippen LogP contribution in [0, 0.1) is 0 Å². The molecule has 1 N–H and O–H groups in total. The molecule has 1 aromatic carbocycles. The summed E-state index contributed by atoms with van der Waals surface area (Å²) in [5.41, 5.74) is 2.60. The van der Waals surface area contributed by atoms with Crippen molar-refractivity contribution in [2.45, 2.75) is 32.4 Å². The first-order valence-electron chi connectivity index (χ1n) is 6.37. The lowest BCUT2D eigenvalue weighted by atomic mass is 10.1. The molecule has 2 nitrogen and oxygen atoms in total. The molecule has 0 aromatic heterocycles. The quantitative estimate of drug-likeness (QED) is 0.861. The number of rotatable bonds is 6. The molecule has 1 atom stereocenters. The van der Waals surface area contributed by atoms with Gasteiger partial charge in [0.1, 0.15) is 5.75 Å². The number of nitrogens with one attached hydrogen (secondary N) is 1. The monoisotopic (exact) mass is 329 g/mol. The van der Waals surface area contributed by atoms with Crippen LogP contribution < -0.4 is 10.1 Å². The molecule has 100 valence electrons. The molecular weight excluding hydrogens is 310 g/mol. The van der Waals surface area contributed by atoms with Crippen molar-refractivity contribution >= 4 is 27.7 Å². The summed E-state index contributed by atoms with van der Waals surface area (Å²) < 4.78 is 6.89. The predicted octanol–water partition coefficient (Wildman–Crippen LogP) is 3.62. The summed E-state index contributed by atoms with van der Waals surface area (Å²) in [5, 5.41) is 3.58. The van der Waals surface area contributed by atoms with Gasteiger partial charge in [0.15, 0.2) is 0 Å². The van der Waals surface area contributed by atoms with Gasteiger partial charge in [0.2, 0.25) is 0 Å². The molecule has 2 rings (SSSR count). The number of hydrogen-bond acceptors (Lipinski definition) is 3. The number of thioether (sulfide) groups is 1. The van der Waals surface area contributed by atoms with Gasteiger partial charge in [-0.3, -0.25) is 0 Å². The molecule has 1 aliphatic heterocycles. The van der Waals surface area contributed by atoms with Crippen molar-refractivity contribution in [2.75, 3.05) is 18.6 Å². The molecule has 0 saturated heterocycles. The Bertz CT molecular complexity index is 411. The van der Waals surface area contributed by atoms with Crippen LogP contribution in [-0.4, -0.2) is 24.7 Å². The van der Waals surface area contributed by atoms with Crippen LogP contribution in [0.1, 0.15) is 24.5 Å². The molecule has 0 aliphatic carbocycles. The molecule has 18 heavy (non-hydrogen) atoms. The first-order chi connectivity index (χ1) is 8.70. The van der Waals surface area contributed by atoms with E-state index in [0.717, 1.165) is 29.8 Å². The molecule has 0 fully saturated rings. The third kappa shape index (κ3) is 3.65. The molecule has 0 amide bonds. The van der Waals surface area contributed by atoms with E-state index in [-0.39, 0.29) is 0 Å². The average molecular weight is 330 g/mol. The van der Waals surface area contributed by atoms with E-state index in [9.17, 15) is 0 Å². The maximum Gasteiger partial charge on any atom is 0.127 e. The minimum absolute atomic E-state index is 0.550. The molecule has 4 heteroatoms.